The van der Waals surface area contributed by atoms with E-state index in [-0.39, 0.29) is 6.04 Å². The van der Waals surface area contributed by atoms with Gasteiger partial charge in [0.25, 0.3) is 0 Å². The Hall–Kier alpha value is -1.78. The van der Waals surface area contributed by atoms with E-state index in [9.17, 15) is 0 Å². The summed E-state index contributed by atoms with van der Waals surface area (Å²) in [6, 6.07) is 9.97. The highest BCUT2D eigenvalue weighted by atomic mass is 32.1. The molecule has 2 aromatic heterocycles. The van der Waals surface area contributed by atoms with E-state index in [2.05, 4.69) is 11.1 Å². The van der Waals surface area contributed by atoms with Gasteiger partial charge >= 0.3 is 0 Å². The molecule has 0 fully saturated rings. The van der Waals surface area contributed by atoms with Crippen molar-refractivity contribution in [2.24, 2.45) is 5.73 Å². The van der Waals surface area contributed by atoms with E-state index in [1.54, 1.807) is 18.4 Å². The van der Waals surface area contributed by atoms with Crippen molar-refractivity contribution in [3.05, 3.63) is 52.3 Å². The van der Waals surface area contributed by atoms with Crippen LogP contribution in [0.5, 0.6) is 5.75 Å². The summed E-state index contributed by atoms with van der Waals surface area (Å²) in [5.74, 6) is 0.849. The molecule has 0 bridgehead atoms. The molecule has 0 unspecified atom stereocenters. The zero-order valence-corrected chi connectivity index (χ0v) is 10.8. The molecule has 0 radical (unpaired) electrons. The number of hydrogen-bond donors (Lipinski definition) is 2. The molecule has 0 spiro atoms. The number of rotatable bonds is 3. The van der Waals surface area contributed by atoms with Gasteiger partial charge in [-0.25, -0.2) is 0 Å². The first-order chi connectivity index (χ1) is 8.79. The van der Waals surface area contributed by atoms with E-state index in [4.69, 9.17) is 10.5 Å². The van der Waals surface area contributed by atoms with Crippen molar-refractivity contribution in [1.82, 2.24) is 4.98 Å². The van der Waals surface area contributed by atoms with Gasteiger partial charge in [0.1, 0.15) is 5.75 Å². The molecule has 18 heavy (non-hydrogen) atoms. The molecule has 0 saturated heterocycles. The lowest BCUT2D eigenvalue weighted by molar-refractivity contribution is 0.415. The van der Waals surface area contributed by atoms with Crippen LogP contribution in [0, 0.1) is 0 Å². The maximum atomic E-state index is 6.31. The van der Waals surface area contributed by atoms with E-state index in [0.717, 1.165) is 22.2 Å². The van der Waals surface area contributed by atoms with Gasteiger partial charge < -0.3 is 15.5 Å². The van der Waals surface area contributed by atoms with E-state index in [1.807, 2.05) is 35.8 Å². The van der Waals surface area contributed by atoms with E-state index in [1.165, 1.54) is 4.88 Å². The lowest BCUT2D eigenvalue weighted by Gasteiger charge is -2.08. The van der Waals surface area contributed by atoms with Crippen LogP contribution in [-0.4, -0.2) is 12.1 Å². The first kappa shape index (κ1) is 11.3. The molecular formula is C14H14N2OS. The number of thiophene rings is 1. The molecule has 92 valence electrons. The third kappa shape index (κ3) is 1.79. The summed E-state index contributed by atoms with van der Waals surface area (Å²) >= 11 is 1.68. The molecule has 0 aliphatic rings. The second kappa shape index (κ2) is 4.48. The first-order valence-corrected chi connectivity index (χ1v) is 6.61. The largest absolute Gasteiger partial charge is 0.497 e. The Morgan fingerprint density at radius 3 is 2.94 bits per heavy atom. The molecule has 1 aromatic carbocycles. The van der Waals surface area contributed by atoms with Gasteiger partial charge in [-0.15, -0.1) is 11.3 Å². The summed E-state index contributed by atoms with van der Waals surface area (Å²) in [5, 5.41) is 3.17. The van der Waals surface area contributed by atoms with Crippen LogP contribution >= 0.6 is 11.3 Å². The molecule has 3 nitrogen and oxygen atoms in total. The zero-order chi connectivity index (χ0) is 12.5. The lowest BCUT2D eigenvalue weighted by Crippen LogP contribution is -2.09. The van der Waals surface area contributed by atoms with E-state index in [0.29, 0.717) is 0 Å². The van der Waals surface area contributed by atoms with Gasteiger partial charge in [0.05, 0.1) is 13.2 Å². The summed E-state index contributed by atoms with van der Waals surface area (Å²) in [4.78, 5) is 4.42. The van der Waals surface area contributed by atoms with Crippen LogP contribution in [0.2, 0.25) is 0 Å². The van der Waals surface area contributed by atoms with Crippen LogP contribution in [0.3, 0.4) is 0 Å². The van der Waals surface area contributed by atoms with Crippen molar-refractivity contribution in [1.29, 1.82) is 0 Å². The second-order valence-electron chi connectivity index (χ2n) is 4.15. The van der Waals surface area contributed by atoms with Crippen LogP contribution in [0.1, 0.15) is 16.5 Å². The summed E-state index contributed by atoms with van der Waals surface area (Å²) in [7, 11) is 1.67. The third-order valence-electron chi connectivity index (χ3n) is 3.11. The number of benzene rings is 1. The number of H-pyrrole nitrogens is 1. The van der Waals surface area contributed by atoms with Crippen LogP contribution in [-0.2, 0) is 0 Å². The number of fused-ring (bicyclic) bond motifs is 1. The highest BCUT2D eigenvalue weighted by molar-refractivity contribution is 7.10. The Kier molecular flexibility index (Phi) is 2.81. The second-order valence-corrected chi connectivity index (χ2v) is 5.13. The van der Waals surface area contributed by atoms with Crippen molar-refractivity contribution in [2.45, 2.75) is 6.04 Å². The number of nitrogens with one attached hydrogen (secondary N) is 1. The third-order valence-corrected chi connectivity index (χ3v) is 4.06. The first-order valence-electron chi connectivity index (χ1n) is 5.73. The molecule has 3 rings (SSSR count). The van der Waals surface area contributed by atoms with E-state index < -0.39 is 0 Å². The van der Waals surface area contributed by atoms with Crippen molar-refractivity contribution in [3.63, 3.8) is 0 Å². The predicted molar refractivity (Wildman–Crippen MR) is 75.2 cm³/mol. The summed E-state index contributed by atoms with van der Waals surface area (Å²) < 4.78 is 5.27. The monoisotopic (exact) mass is 258 g/mol. The average Bonchev–Trinajstić information content (AvgIpc) is 3.06. The zero-order valence-electron chi connectivity index (χ0n) is 10.0. The average molecular weight is 258 g/mol. The van der Waals surface area contributed by atoms with Crippen LogP contribution in [0.25, 0.3) is 10.9 Å². The lowest BCUT2D eigenvalue weighted by atomic mass is 10.1. The molecule has 0 saturated carbocycles. The number of aromatic nitrogens is 1. The van der Waals surface area contributed by atoms with Gasteiger partial charge in [0.15, 0.2) is 0 Å². The smallest absolute Gasteiger partial charge is 0.119 e. The van der Waals surface area contributed by atoms with Crippen LogP contribution in [0.4, 0.5) is 0 Å². The highest BCUT2D eigenvalue weighted by Gasteiger charge is 2.14. The number of aromatic amines is 1. The van der Waals surface area contributed by atoms with Crippen molar-refractivity contribution in [2.75, 3.05) is 7.11 Å². The fourth-order valence-electron chi connectivity index (χ4n) is 2.13. The maximum absolute atomic E-state index is 6.31. The Morgan fingerprint density at radius 1 is 1.33 bits per heavy atom. The SMILES string of the molecule is COc1ccc2[nH]cc([C@H](N)c3cccs3)c2c1. The van der Waals surface area contributed by atoms with Crippen LogP contribution < -0.4 is 10.5 Å². The van der Waals surface area contributed by atoms with Gasteiger partial charge in [-0.3, -0.25) is 0 Å². The van der Waals surface area contributed by atoms with Crippen molar-refractivity contribution in [3.8, 4) is 5.75 Å². The molecule has 3 aromatic rings. The minimum Gasteiger partial charge on any atom is -0.497 e. The number of nitrogens with two attached hydrogens (primary N) is 1. The quantitative estimate of drug-likeness (QED) is 0.757. The minimum absolute atomic E-state index is 0.0918. The Morgan fingerprint density at radius 2 is 2.22 bits per heavy atom. The molecule has 0 aliphatic carbocycles. The van der Waals surface area contributed by atoms with Gasteiger partial charge in [0.2, 0.25) is 0 Å². The Labute approximate surface area is 109 Å². The molecule has 2 heterocycles. The molecule has 3 N–H and O–H groups in total. The standard InChI is InChI=1S/C14H14N2OS/c1-17-9-4-5-12-10(7-9)11(8-16-12)14(15)13-3-2-6-18-13/h2-8,14,16H,15H2,1H3/t14-/m0/s1. The fraction of sp³-hybridized carbons (Fsp3) is 0.143. The van der Waals surface area contributed by atoms with Gasteiger partial charge in [0, 0.05) is 22.0 Å². The summed E-state index contributed by atoms with van der Waals surface area (Å²) in [5.41, 5.74) is 8.50. The Bertz CT molecular complexity index is 658. The predicted octanol–water partition coefficient (Wildman–Crippen LogP) is 3.29. The van der Waals surface area contributed by atoms with Gasteiger partial charge in [-0.1, -0.05) is 6.07 Å². The topological polar surface area (TPSA) is 51.0 Å². The van der Waals surface area contributed by atoms with Crippen LogP contribution in [0.15, 0.2) is 41.9 Å². The number of hydrogen-bond acceptors (Lipinski definition) is 3. The molecular weight excluding hydrogens is 244 g/mol. The Balaban J connectivity index is 2.11. The molecule has 4 heteroatoms. The molecule has 0 amide bonds. The minimum atomic E-state index is -0.0918. The summed E-state index contributed by atoms with van der Waals surface area (Å²) in [6.45, 7) is 0. The molecule has 1 atom stereocenters. The number of ether oxygens (including phenoxy) is 1. The summed E-state index contributed by atoms with van der Waals surface area (Å²) in [6.07, 6.45) is 1.98. The van der Waals surface area contributed by atoms with Gasteiger partial charge in [-0.2, -0.15) is 0 Å². The van der Waals surface area contributed by atoms with Crippen molar-refractivity contribution < 1.29 is 4.74 Å². The van der Waals surface area contributed by atoms with Crippen molar-refractivity contribution >= 4 is 22.2 Å². The molecule has 0 aliphatic heterocycles. The van der Waals surface area contributed by atoms with E-state index >= 15 is 0 Å². The fourth-order valence-corrected chi connectivity index (χ4v) is 2.87. The normalized spacial score (nSPS) is 12.8. The van der Waals surface area contributed by atoms with Gasteiger partial charge in [-0.05, 0) is 35.2 Å². The highest BCUT2D eigenvalue weighted by Crippen LogP contribution is 2.31. The maximum Gasteiger partial charge on any atom is 0.119 e. The number of methoxy groups -OCH3 is 1.